The maximum Gasteiger partial charge on any atom is 0.123 e. The van der Waals surface area contributed by atoms with E-state index in [1.807, 2.05) is 0 Å². The van der Waals surface area contributed by atoms with E-state index in [0.717, 1.165) is 18.2 Å². The summed E-state index contributed by atoms with van der Waals surface area (Å²) in [5, 5.41) is 3.70. The van der Waals surface area contributed by atoms with Gasteiger partial charge < -0.3 is 10.1 Å². The summed E-state index contributed by atoms with van der Waals surface area (Å²) in [6.45, 7) is 3.30. The zero-order valence-electron chi connectivity index (χ0n) is 13.0. The van der Waals surface area contributed by atoms with E-state index in [0.29, 0.717) is 6.04 Å². The Kier molecular flexibility index (Phi) is 6.38. The Morgan fingerprint density at radius 3 is 2.70 bits per heavy atom. The van der Waals surface area contributed by atoms with E-state index in [9.17, 15) is 0 Å². The lowest BCUT2D eigenvalue weighted by Gasteiger charge is -2.22. The van der Waals surface area contributed by atoms with Gasteiger partial charge in [-0.25, -0.2) is 0 Å². The van der Waals surface area contributed by atoms with Crippen molar-refractivity contribution >= 4 is 0 Å². The highest BCUT2D eigenvalue weighted by atomic mass is 16.5. The second-order valence-electron chi connectivity index (χ2n) is 5.98. The number of hydrogen-bond acceptors (Lipinski definition) is 2. The zero-order chi connectivity index (χ0) is 14.2. The molecular weight excluding hydrogens is 246 g/mol. The quantitative estimate of drug-likeness (QED) is 0.742. The molecule has 1 unspecified atom stereocenters. The number of nitrogens with one attached hydrogen (secondary N) is 1. The summed E-state index contributed by atoms with van der Waals surface area (Å²) in [6, 6.07) is 8.89. The van der Waals surface area contributed by atoms with Gasteiger partial charge in [0.05, 0.1) is 7.11 Å². The van der Waals surface area contributed by atoms with Crippen molar-refractivity contribution in [2.24, 2.45) is 5.92 Å². The van der Waals surface area contributed by atoms with Crippen LogP contribution in [0, 0.1) is 5.92 Å². The third kappa shape index (κ3) is 4.24. The van der Waals surface area contributed by atoms with E-state index < -0.39 is 0 Å². The van der Waals surface area contributed by atoms with Gasteiger partial charge in [0, 0.05) is 11.6 Å². The van der Waals surface area contributed by atoms with Crippen LogP contribution in [0.2, 0.25) is 0 Å². The second-order valence-corrected chi connectivity index (χ2v) is 5.98. The van der Waals surface area contributed by atoms with Gasteiger partial charge in [0.15, 0.2) is 0 Å². The van der Waals surface area contributed by atoms with E-state index in [4.69, 9.17) is 4.74 Å². The Balaban J connectivity index is 2.01. The number of para-hydroxylation sites is 1. The topological polar surface area (TPSA) is 21.3 Å². The van der Waals surface area contributed by atoms with Crippen molar-refractivity contribution in [1.29, 1.82) is 0 Å². The summed E-state index contributed by atoms with van der Waals surface area (Å²) in [5.41, 5.74) is 1.32. The predicted octanol–water partition coefficient (Wildman–Crippen LogP) is 4.71. The van der Waals surface area contributed by atoms with Gasteiger partial charge in [0.25, 0.3) is 0 Å². The lowest BCUT2D eigenvalue weighted by molar-refractivity contribution is 0.378. The average molecular weight is 275 g/mol. The van der Waals surface area contributed by atoms with Gasteiger partial charge in [0.2, 0.25) is 0 Å². The van der Waals surface area contributed by atoms with Crippen LogP contribution < -0.4 is 10.1 Å². The zero-order valence-corrected chi connectivity index (χ0v) is 13.0. The van der Waals surface area contributed by atoms with Crippen molar-refractivity contribution in [3.63, 3.8) is 0 Å². The van der Waals surface area contributed by atoms with Gasteiger partial charge in [-0.3, -0.25) is 0 Å². The van der Waals surface area contributed by atoms with Gasteiger partial charge in [-0.2, -0.15) is 0 Å². The molecule has 0 heterocycles. The molecule has 2 heteroatoms. The molecule has 0 saturated heterocycles. The van der Waals surface area contributed by atoms with Crippen LogP contribution in [0.4, 0.5) is 0 Å². The molecule has 1 aromatic carbocycles. The van der Waals surface area contributed by atoms with E-state index in [1.165, 1.54) is 50.5 Å². The molecule has 2 rings (SSSR count). The van der Waals surface area contributed by atoms with Gasteiger partial charge in [-0.1, -0.05) is 50.8 Å². The van der Waals surface area contributed by atoms with Crippen molar-refractivity contribution < 1.29 is 4.74 Å². The molecule has 1 aliphatic rings. The lowest BCUT2D eigenvalue weighted by Crippen LogP contribution is -2.23. The van der Waals surface area contributed by atoms with E-state index in [2.05, 4.69) is 36.5 Å². The Morgan fingerprint density at radius 1 is 1.25 bits per heavy atom. The van der Waals surface area contributed by atoms with Crippen LogP contribution >= 0.6 is 0 Å². The number of rotatable bonds is 8. The molecular formula is C18H29NO. The number of ether oxygens (including phenoxy) is 1. The Morgan fingerprint density at radius 2 is 2.00 bits per heavy atom. The second kappa shape index (κ2) is 8.31. The summed E-state index contributed by atoms with van der Waals surface area (Å²) < 4.78 is 5.54. The van der Waals surface area contributed by atoms with Crippen molar-refractivity contribution in [2.45, 2.75) is 57.9 Å². The predicted molar refractivity (Wildman–Crippen MR) is 85.2 cm³/mol. The molecule has 1 fully saturated rings. The van der Waals surface area contributed by atoms with Crippen LogP contribution in [0.5, 0.6) is 5.75 Å². The molecule has 0 radical (unpaired) electrons. The van der Waals surface area contributed by atoms with Crippen LogP contribution in [-0.4, -0.2) is 13.7 Å². The normalized spacial score (nSPS) is 17.3. The summed E-state index contributed by atoms with van der Waals surface area (Å²) in [5.74, 6) is 1.98. The molecule has 1 aromatic rings. The SMILES string of the molecule is CCCNC(CCC1CCCC1)c1ccccc1OC. The largest absolute Gasteiger partial charge is 0.496 e. The minimum Gasteiger partial charge on any atom is -0.496 e. The molecule has 1 aliphatic carbocycles. The van der Waals surface area contributed by atoms with Crippen molar-refractivity contribution in [3.05, 3.63) is 29.8 Å². The van der Waals surface area contributed by atoms with Crippen LogP contribution in [0.15, 0.2) is 24.3 Å². The van der Waals surface area contributed by atoms with Crippen molar-refractivity contribution in [2.75, 3.05) is 13.7 Å². The summed E-state index contributed by atoms with van der Waals surface area (Å²) in [7, 11) is 1.77. The maximum atomic E-state index is 5.54. The summed E-state index contributed by atoms with van der Waals surface area (Å²) in [4.78, 5) is 0. The van der Waals surface area contributed by atoms with Gasteiger partial charge in [-0.15, -0.1) is 0 Å². The molecule has 0 aliphatic heterocycles. The molecule has 1 saturated carbocycles. The monoisotopic (exact) mass is 275 g/mol. The first-order valence-corrected chi connectivity index (χ1v) is 8.21. The minimum atomic E-state index is 0.437. The van der Waals surface area contributed by atoms with Crippen LogP contribution in [0.3, 0.4) is 0 Å². The third-order valence-corrected chi connectivity index (χ3v) is 4.49. The minimum absolute atomic E-state index is 0.437. The summed E-state index contributed by atoms with van der Waals surface area (Å²) >= 11 is 0. The fourth-order valence-corrected chi connectivity index (χ4v) is 3.34. The Bertz CT molecular complexity index is 385. The highest BCUT2D eigenvalue weighted by Gasteiger charge is 2.19. The number of hydrogen-bond donors (Lipinski definition) is 1. The first-order chi connectivity index (χ1) is 9.85. The van der Waals surface area contributed by atoms with Gasteiger partial charge in [-0.05, 0) is 37.8 Å². The lowest BCUT2D eigenvalue weighted by atomic mass is 9.94. The first-order valence-electron chi connectivity index (χ1n) is 8.21. The molecule has 0 bridgehead atoms. The molecule has 20 heavy (non-hydrogen) atoms. The number of methoxy groups -OCH3 is 1. The Hall–Kier alpha value is -1.02. The van der Waals surface area contributed by atoms with E-state index >= 15 is 0 Å². The van der Waals surface area contributed by atoms with E-state index in [-0.39, 0.29) is 0 Å². The molecule has 112 valence electrons. The molecule has 0 amide bonds. The highest BCUT2D eigenvalue weighted by Crippen LogP contribution is 2.33. The van der Waals surface area contributed by atoms with Crippen LogP contribution in [0.25, 0.3) is 0 Å². The summed E-state index contributed by atoms with van der Waals surface area (Å²) in [6.07, 6.45) is 9.50. The molecule has 2 nitrogen and oxygen atoms in total. The Labute approximate surface area is 123 Å². The maximum absolute atomic E-state index is 5.54. The molecule has 0 aromatic heterocycles. The third-order valence-electron chi connectivity index (χ3n) is 4.49. The van der Waals surface area contributed by atoms with Gasteiger partial charge in [0.1, 0.15) is 5.75 Å². The molecule has 0 spiro atoms. The van der Waals surface area contributed by atoms with Crippen LogP contribution in [0.1, 0.15) is 63.5 Å². The van der Waals surface area contributed by atoms with Crippen molar-refractivity contribution in [1.82, 2.24) is 5.32 Å². The highest BCUT2D eigenvalue weighted by molar-refractivity contribution is 5.35. The smallest absolute Gasteiger partial charge is 0.123 e. The van der Waals surface area contributed by atoms with Crippen molar-refractivity contribution in [3.8, 4) is 5.75 Å². The van der Waals surface area contributed by atoms with Gasteiger partial charge >= 0.3 is 0 Å². The standard InChI is InChI=1S/C18H29NO/c1-3-14-19-17(13-12-15-8-4-5-9-15)16-10-6-7-11-18(16)20-2/h6-7,10-11,15,17,19H,3-5,8-9,12-14H2,1-2H3. The molecule has 1 N–H and O–H groups in total. The first kappa shape index (κ1) is 15.4. The fourth-order valence-electron chi connectivity index (χ4n) is 3.34. The fraction of sp³-hybridized carbons (Fsp3) is 0.667. The number of benzene rings is 1. The average Bonchev–Trinajstić information content (AvgIpc) is 3.01. The van der Waals surface area contributed by atoms with Crippen LogP contribution in [-0.2, 0) is 0 Å². The molecule has 1 atom stereocenters. The van der Waals surface area contributed by atoms with E-state index in [1.54, 1.807) is 7.11 Å².